The second-order valence-electron chi connectivity index (χ2n) is 6.53. The van der Waals surface area contributed by atoms with E-state index in [9.17, 15) is 13.6 Å². The number of carbonyl (C=O) groups is 1. The maximum Gasteiger partial charge on any atom is 0.220 e. The van der Waals surface area contributed by atoms with E-state index in [1.807, 2.05) is 0 Å². The Morgan fingerprint density at radius 1 is 1.27 bits per heavy atom. The molecular weight excluding hydrogens is 286 g/mol. The van der Waals surface area contributed by atoms with Crippen LogP contribution in [0.2, 0.25) is 0 Å². The van der Waals surface area contributed by atoms with Crippen molar-refractivity contribution in [1.29, 1.82) is 0 Å². The molecule has 0 radical (unpaired) electrons. The zero-order chi connectivity index (χ0) is 16.2. The summed E-state index contributed by atoms with van der Waals surface area (Å²) in [6, 6.07) is 3.74. The van der Waals surface area contributed by atoms with E-state index in [4.69, 9.17) is 0 Å². The Balaban J connectivity index is 1.89. The SMILES string of the molecule is CC(C)(NC(=O)CCC1CCNCC1)c1ccc(F)c(F)c1. The quantitative estimate of drug-likeness (QED) is 0.877. The first-order valence-electron chi connectivity index (χ1n) is 7.86. The molecule has 1 aliphatic rings. The van der Waals surface area contributed by atoms with Gasteiger partial charge < -0.3 is 10.6 Å². The summed E-state index contributed by atoms with van der Waals surface area (Å²) < 4.78 is 26.4. The van der Waals surface area contributed by atoms with Gasteiger partial charge in [0.1, 0.15) is 0 Å². The predicted molar refractivity (Wildman–Crippen MR) is 82.4 cm³/mol. The number of amides is 1. The van der Waals surface area contributed by atoms with Crippen LogP contribution in [-0.4, -0.2) is 19.0 Å². The van der Waals surface area contributed by atoms with Crippen molar-refractivity contribution in [3.63, 3.8) is 0 Å². The molecule has 1 aromatic rings. The topological polar surface area (TPSA) is 41.1 Å². The van der Waals surface area contributed by atoms with Gasteiger partial charge in [0.05, 0.1) is 5.54 Å². The first-order valence-corrected chi connectivity index (χ1v) is 7.86. The maximum absolute atomic E-state index is 13.3. The zero-order valence-electron chi connectivity index (χ0n) is 13.2. The second kappa shape index (κ2) is 7.18. The van der Waals surface area contributed by atoms with Crippen LogP contribution in [0.4, 0.5) is 8.78 Å². The lowest BCUT2D eigenvalue weighted by Gasteiger charge is -2.28. The van der Waals surface area contributed by atoms with Crippen LogP contribution < -0.4 is 10.6 Å². The van der Waals surface area contributed by atoms with Crippen molar-refractivity contribution in [3.8, 4) is 0 Å². The van der Waals surface area contributed by atoms with Gasteiger partial charge in [-0.1, -0.05) is 6.07 Å². The van der Waals surface area contributed by atoms with Crippen LogP contribution in [0, 0.1) is 17.6 Å². The average Bonchev–Trinajstić information content (AvgIpc) is 2.48. The summed E-state index contributed by atoms with van der Waals surface area (Å²) in [4.78, 5) is 12.1. The molecule has 1 amide bonds. The Morgan fingerprint density at radius 3 is 2.59 bits per heavy atom. The number of hydrogen-bond donors (Lipinski definition) is 2. The molecule has 0 atom stereocenters. The number of nitrogens with one attached hydrogen (secondary N) is 2. The van der Waals surface area contributed by atoms with E-state index in [1.165, 1.54) is 6.07 Å². The van der Waals surface area contributed by atoms with Gasteiger partial charge in [-0.15, -0.1) is 0 Å². The third-order valence-electron chi connectivity index (χ3n) is 4.33. The highest BCUT2D eigenvalue weighted by Crippen LogP contribution is 2.23. The summed E-state index contributed by atoms with van der Waals surface area (Å²) >= 11 is 0. The van der Waals surface area contributed by atoms with Gasteiger partial charge in [0.15, 0.2) is 11.6 Å². The Kier molecular flexibility index (Phi) is 5.51. The molecule has 0 saturated carbocycles. The van der Waals surface area contributed by atoms with Crippen LogP contribution in [0.25, 0.3) is 0 Å². The molecule has 2 rings (SSSR count). The molecule has 0 unspecified atom stereocenters. The highest BCUT2D eigenvalue weighted by molar-refractivity contribution is 5.76. The summed E-state index contributed by atoms with van der Waals surface area (Å²) in [6.07, 6.45) is 3.57. The van der Waals surface area contributed by atoms with Gasteiger partial charge in [0.25, 0.3) is 0 Å². The molecule has 3 nitrogen and oxygen atoms in total. The molecule has 0 spiro atoms. The first-order chi connectivity index (χ1) is 10.4. The fourth-order valence-corrected chi connectivity index (χ4v) is 2.87. The molecular formula is C17H24F2N2O. The summed E-state index contributed by atoms with van der Waals surface area (Å²) in [5, 5.41) is 6.22. The van der Waals surface area contributed by atoms with E-state index in [2.05, 4.69) is 10.6 Å². The fraction of sp³-hybridized carbons (Fsp3) is 0.588. The minimum absolute atomic E-state index is 0.0479. The molecule has 0 aliphatic carbocycles. The smallest absolute Gasteiger partial charge is 0.220 e. The normalized spacial score (nSPS) is 16.5. The van der Waals surface area contributed by atoms with E-state index >= 15 is 0 Å². The van der Waals surface area contributed by atoms with Crippen LogP contribution in [0.1, 0.15) is 45.1 Å². The molecule has 2 N–H and O–H groups in total. The summed E-state index contributed by atoms with van der Waals surface area (Å²) in [6.45, 7) is 5.63. The van der Waals surface area contributed by atoms with Crippen LogP contribution in [0.15, 0.2) is 18.2 Å². The lowest BCUT2D eigenvalue weighted by molar-refractivity contribution is -0.123. The van der Waals surface area contributed by atoms with Gasteiger partial charge >= 0.3 is 0 Å². The first kappa shape index (κ1) is 16.9. The predicted octanol–water partition coefficient (Wildman–Crippen LogP) is 3.10. The van der Waals surface area contributed by atoms with Gasteiger partial charge in [0.2, 0.25) is 5.91 Å². The van der Waals surface area contributed by atoms with E-state index < -0.39 is 17.2 Å². The molecule has 1 fully saturated rings. The van der Waals surface area contributed by atoms with Gasteiger partial charge in [0, 0.05) is 6.42 Å². The Hall–Kier alpha value is -1.49. The van der Waals surface area contributed by atoms with Crippen molar-refractivity contribution < 1.29 is 13.6 Å². The standard InChI is InChI=1S/C17H24F2N2O/c1-17(2,13-4-5-14(18)15(19)11-13)21-16(22)6-3-12-7-9-20-10-8-12/h4-5,11-12,20H,3,6-10H2,1-2H3,(H,21,22). The van der Waals surface area contributed by atoms with Crippen LogP contribution in [0.5, 0.6) is 0 Å². The van der Waals surface area contributed by atoms with Crippen molar-refractivity contribution >= 4 is 5.91 Å². The number of piperidine rings is 1. The van der Waals surface area contributed by atoms with Crippen molar-refractivity contribution in [3.05, 3.63) is 35.4 Å². The minimum atomic E-state index is -0.894. The van der Waals surface area contributed by atoms with Gasteiger partial charge in [-0.2, -0.15) is 0 Å². The minimum Gasteiger partial charge on any atom is -0.347 e. The molecule has 0 bridgehead atoms. The number of rotatable bonds is 5. The van der Waals surface area contributed by atoms with Crippen LogP contribution in [-0.2, 0) is 10.3 Å². The molecule has 1 aromatic carbocycles. The number of hydrogen-bond acceptors (Lipinski definition) is 2. The maximum atomic E-state index is 13.3. The van der Waals surface area contributed by atoms with E-state index in [0.717, 1.165) is 44.5 Å². The largest absolute Gasteiger partial charge is 0.347 e. The molecule has 122 valence electrons. The molecule has 5 heteroatoms. The molecule has 1 aliphatic heterocycles. The van der Waals surface area contributed by atoms with Crippen molar-refractivity contribution in [2.24, 2.45) is 5.92 Å². The zero-order valence-corrected chi connectivity index (χ0v) is 13.2. The highest BCUT2D eigenvalue weighted by atomic mass is 19.2. The summed E-state index contributed by atoms with van der Waals surface area (Å²) in [5.74, 6) is -1.22. The monoisotopic (exact) mass is 310 g/mol. The van der Waals surface area contributed by atoms with E-state index in [0.29, 0.717) is 17.9 Å². The van der Waals surface area contributed by atoms with Crippen LogP contribution >= 0.6 is 0 Å². The Bertz CT molecular complexity index is 525. The highest BCUT2D eigenvalue weighted by Gasteiger charge is 2.24. The second-order valence-corrected chi connectivity index (χ2v) is 6.53. The number of carbonyl (C=O) groups excluding carboxylic acids is 1. The van der Waals surface area contributed by atoms with Crippen LogP contribution in [0.3, 0.4) is 0 Å². The molecule has 0 aromatic heterocycles. The third kappa shape index (κ3) is 4.50. The number of halogens is 2. The lowest BCUT2D eigenvalue weighted by Crippen LogP contribution is -2.41. The Labute approximate surface area is 130 Å². The average molecular weight is 310 g/mol. The fourth-order valence-electron chi connectivity index (χ4n) is 2.87. The molecule has 22 heavy (non-hydrogen) atoms. The third-order valence-corrected chi connectivity index (χ3v) is 4.33. The van der Waals surface area contributed by atoms with Gasteiger partial charge in [-0.25, -0.2) is 8.78 Å². The van der Waals surface area contributed by atoms with Gasteiger partial charge in [-0.3, -0.25) is 4.79 Å². The summed E-state index contributed by atoms with van der Waals surface area (Å²) in [5.41, 5.74) is -0.165. The molecule has 1 saturated heterocycles. The van der Waals surface area contributed by atoms with E-state index in [1.54, 1.807) is 13.8 Å². The number of benzene rings is 1. The van der Waals surface area contributed by atoms with E-state index in [-0.39, 0.29) is 5.91 Å². The van der Waals surface area contributed by atoms with Crippen molar-refractivity contribution in [2.45, 2.75) is 45.1 Å². The Morgan fingerprint density at radius 2 is 1.95 bits per heavy atom. The summed E-state index contributed by atoms with van der Waals surface area (Å²) in [7, 11) is 0. The van der Waals surface area contributed by atoms with Crippen molar-refractivity contribution in [1.82, 2.24) is 10.6 Å². The van der Waals surface area contributed by atoms with Crippen molar-refractivity contribution in [2.75, 3.05) is 13.1 Å². The molecule has 1 heterocycles. The van der Waals surface area contributed by atoms with Gasteiger partial charge in [-0.05, 0) is 69.8 Å². The lowest BCUT2D eigenvalue weighted by atomic mass is 9.91.